The summed E-state index contributed by atoms with van der Waals surface area (Å²) in [5, 5.41) is 9.43. The lowest BCUT2D eigenvalue weighted by Gasteiger charge is -2.32. The fourth-order valence-corrected chi connectivity index (χ4v) is 2.01. The van der Waals surface area contributed by atoms with Crippen LogP contribution in [0.25, 0.3) is 0 Å². The van der Waals surface area contributed by atoms with Crippen LogP contribution in [-0.2, 0) is 16.8 Å². The normalized spacial score (nSPS) is 14.8. The maximum Gasteiger partial charge on any atom is 0.328 e. The van der Waals surface area contributed by atoms with E-state index in [-0.39, 0.29) is 0 Å². The predicted molar refractivity (Wildman–Crippen MR) is 73.7 cm³/mol. The Hall–Kier alpha value is -1.35. The van der Waals surface area contributed by atoms with Crippen LogP contribution in [-0.4, -0.2) is 30.1 Å². The molecule has 0 amide bonds. The lowest BCUT2D eigenvalue weighted by molar-refractivity contribution is -0.149. The monoisotopic (exact) mass is 249 g/mol. The number of benzene rings is 1. The molecule has 0 radical (unpaired) electrons. The Kier molecular flexibility index (Phi) is 4.52. The van der Waals surface area contributed by atoms with E-state index in [1.807, 2.05) is 24.3 Å². The number of hydrogen-bond acceptors (Lipinski definition) is 2. The fourth-order valence-electron chi connectivity index (χ4n) is 2.01. The topological polar surface area (TPSA) is 40.5 Å². The number of carbonyl (C=O) groups is 1. The average molecular weight is 249 g/mol. The third kappa shape index (κ3) is 2.91. The first-order valence-corrected chi connectivity index (χ1v) is 6.28. The SMILES string of the molecule is CC(C)Cc1ccc(C(C)(C(=O)O)N(C)C)cc1. The molecule has 0 heterocycles. The van der Waals surface area contributed by atoms with E-state index in [0.717, 1.165) is 12.0 Å². The summed E-state index contributed by atoms with van der Waals surface area (Å²) in [5.41, 5.74) is 1.09. The minimum atomic E-state index is -0.976. The van der Waals surface area contributed by atoms with E-state index >= 15 is 0 Å². The Morgan fingerprint density at radius 3 is 2.11 bits per heavy atom. The molecular weight excluding hydrogens is 226 g/mol. The van der Waals surface area contributed by atoms with Gasteiger partial charge in [0, 0.05) is 0 Å². The van der Waals surface area contributed by atoms with Crippen LogP contribution in [0.3, 0.4) is 0 Å². The largest absolute Gasteiger partial charge is 0.480 e. The van der Waals surface area contributed by atoms with Gasteiger partial charge in [-0.15, -0.1) is 0 Å². The predicted octanol–water partition coefficient (Wildman–Crippen LogP) is 2.75. The van der Waals surface area contributed by atoms with Gasteiger partial charge in [-0.25, -0.2) is 4.79 Å². The lowest BCUT2D eigenvalue weighted by atomic mass is 9.89. The molecule has 3 nitrogen and oxygen atoms in total. The summed E-state index contributed by atoms with van der Waals surface area (Å²) in [6.07, 6.45) is 1.02. The second-order valence-electron chi connectivity index (χ2n) is 5.57. The van der Waals surface area contributed by atoms with Crippen molar-refractivity contribution in [2.45, 2.75) is 32.7 Å². The second kappa shape index (κ2) is 5.53. The number of rotatable bonds is 5. The lowest BCUT2D eigenvalue weighted by Crippen LogP contribution is -2.45. The van der Waals surface area contributed by atoms with Crippen LogP contribution in [0.5, 0.6) is 0 Å². The van der Waals surface area contributed by atoms with Crippen molar-refractivity contribution < 1.29 is 9.90 Å². The zero-order valence-corrected chi connectivity index (χ0v) is 11.9. The van der Waals surface area contributed by atoms with E-state index in [4.69, 9.17) is 0 Å². The number of nitrogens with zero attached hydrogens (tertiary/aromatic N) is 1. The molecule has 100 valence electrons. The third-order valence-electron chi connectivity index (χ3n) is 3.47. The molecule has 0 aromatic heterocycles. The quantitative estimate of drug-likeness (QED) is 0.872. The Morgan fingerprint density at radius 2 is 1.78 bits per heavy atom. The van der Waals surface area contributed by atoms with E-state index in [1.54, 1.807) is 25.9 Å². The molecule has 0 fully saturated rings. The molecule has 1 unspecified atom stereocenters. The van der Waals surface area contributed by atoms with Crippen molar-refractivity contribution in [1.82, 2.24) is 4.90 Å². The first-order valence-electron chi connectivity index (χ1n) is 6.28. The van der Waals surface area contributed by atoms with Crippen LogP contribution in [0.2, 0.25) is 0 Å². The summed E-state index contributed by atoms with van der Waals surface area (Å²) < 4.78 is 0. The molecule has 0 spiro atoms. The van der Waals surface area contributed by atoms with Crippen molar-refractivity contribution in [3.8, 4) is 0 Å². The zero-order chi connectivity index (χ0) is 13.9. The Balaban J connectivity index is 3.06. The van der Waals surface area contributed by atoms with E-state index in [9.17, 15) is 9.90 Å². The molecule has 3 heteroatoms. The van der Waals surface area contributed by atoms with Gasteiger partial charge in [0.05, 0.1) is 0 Å². The molecule has 0 saturated heterocycles. The van der Waals surface area contributed by atoms with E-state index < -0.39 is 11.5 Å². The van der Waals surface area contributed by atoms with Gasteiger partial charge >= 0.3 is 5.97 Å². The maximum atomic E-state index is 11.5. The highest BCUT2D eigenvalue weighted by atomic mass is 16.4. The van der Waals surface area contributed by atoms with Crippen LogP contribution in [0.4, 0.5) is 0 Å². The molecule has 1 aromatic carbocycles. The molecule has 0 aliphatic heterocycles. The summed E-state index contributed by atoms with van der Waals surface area (Å²) in [4.78, 5) is 13.2. The zero-order valence-electron chi connectivity index (χ0n) is 11.9. The molecular formula is C15H23NO2. The summed E-state index contributed by atoms with van der Waals surface area (Å²) in [7, 11) is 3.58. The summed E-state index contributed by atoms with van der Waals surface area (Å²) in [6.45, 7) is 6.08. The van der Waals surface area contributed by atoms with Gasteiger partial charge in [0.25, 0.3) is 0 Å². The van der Waals surface area contributed by atoms with Crippen LogP contribution < -0.4 is 0 Å². The van der Waals surface area contributed by atoms with Crippen molar-refractivity contribution in [1.29, 1.82) is 0 Å². The molecule has 18 heavy (non-hydrogen) atoms. The van der Waals surface area contributed by atoms with Crippen molar-refractivity contribution in [2.24, 2.45) is 5.92 Å². The Bertz CT molecular complexity index is 409. The maximum absolute atomic E-state index is 11.5. The summed E-state index contributed by atoms with van der Waals surface area (Å²) in [5.74, 6) is -0.223. The van der Waals surface area contributed by atoms with Gasteiger partial charge in [-0.2, -0.15) is 0 Å². The van der Waals surface area contributed by atoms with Crippen LogP contribution >= 0.6 is 0 Å². The van der Waals surface area contributed by atoms with Crippen molar-refractivity contribution in [2.75, 3.05) is 14.1 Å². The van der Waals surface area contributed by atoms with Gasteiger partial charge in [-0.05, 0) is 44.5 Å². The smallest absolute Gasteiger partial charge is 0.328 e. The summed E-state index contributed by atoms with van der Waals surface area (Å²) >= 11 is 0. The highest BCUT2D eigenvalue weighted by Gasteiger charge is 2.37. The van der Waals surface area contributed by atoms with E-state index in [0.29, 0.717) is 5.92 Å². The molecule has 1 rings (SSSR count). The van der Waals surface area contributed by atoms with Crippen LogP contribution in [0, 0.1) is 5.92 Å². The number of carboxylic acid groups (broad SMARTS) is 1. The second-order valence-corrected chi connectivity index (χ2v) is 5.57. The van der Waals surface area contributed by atoms with Gasteiger partial charge in [0.1, 0.15) is 5.54 Å². The van der Waals surface area contributed by atoms with Crippen LogP contribution in [0.1, 0.15) is 31.9 Å². The molecule has 1 aromatic rings. The molecule has 1 N–H and O–H groups in total. The molecule has 0 aliphatic rings. The van der Waals surface area contributed by atoms with Gasteiger partial charge in [-0.3, -0.25) is 4.90 Å². The summed E-state index contributed by atoms with van der Waals surface area (Å²) in [6, 6.07) is 7.90. The van der Waals surface area contributed by atoms with Crippen molar-refractivity contribution >= 4 is 5.97 Å². The number of carboxylic acids is 1. The average Bonchev–Trinajstić information content (AvgIpc) is 2.27. The van der Waals surface area contributed by atoms with Gasteiger partial charge in [0.15, 0.2) is 0 Å². The first kappa shape index (κ1) is 14.7. The highest BCUT2D eigenvalue weighted by Crippen LogP contribution is 2.27. The number of aliphatic carboxylic acids is 1. The minimum Gasteiger partial charge on any atom is -0.480 e. The Labute approximate surface area is 109 Å². The van der Waals surface area contributed by atoms with Crippen molar-refractivity contribution in [3.05, 3.63) is 35.4 Å². The number of hydrogen-bond donors (Lipinski definition) is 1. The van der Waals surface area contributed by atoms with Gasteiger partial charge in [0.2, 0.25) is 0 Å². The van der Waals surface area contributed by atoms with Gasteiger partial charge < -0.3 is 5.11 Å². The Morgan fingerprint density at radius 1 is 1.28 bits per heavy atom. The first-order chi connectivity index (χ1) is 8.28. The third-order valence-corrected chi connectivity index (χ3v) is 3.47. The molecule has 1 atom stereocenters. The van der Waals surface area contributed by atoms with Crippen molar-refractivity contribution in [3.63, 3.8) is 0 Å². The molecule has 0 aliphatic carbocycles. The van der Waals surface area contributed by atoms with E-state index in [1.165, 1.54) is 5.56 Å². The number of likely N-dealkylation sites (N-methyl/N-ethyl adjacent to an activating group) is 1. The highest BCUT2D eigenvalue weighted by molar-refractivity contribution is 5.80. The molecule has 0 saturated carbocycles. The van der Waals surface area contributed by atoms with Gasteiger partial charge in [-0.1, -0.05) is 38.1 Å². The standard InChI is InChI=1S/C15H23NO2/c1-11(2)10-12-6-8-13(9-7-12)15(3,14(17)18)16(4)5/h6-9,11H,10H2,1-5H3,(H,17,18). The molecule has 0 bridgehead atoms. The fraction of sp³-hybridized carbons (Fsp3) is 0.533. The minimum absolute atomic E-state index is 0.607. The van der Waals surface area contributed by atoms with Crippen LogP contribution in [0.15, 0.2) is 24.3 Å². The van der Waals surface area contributed by atoms with E-state index in [2.05, 4.69) is 13.8 Å².